The fraction of sp³-hybridized carbons (Fsp3) is 0.100. The van der Waals surface area contributed by atoms with Crippen LogP contribution < -0.4 is 4.84 Å². The lowest BCUT2D eigenvalue weighted by atomic mass is 10.1. The molecule has 1 heterocycles. The van der Waals surface area contributed by atoms with Gasteiger partial charge in [0.25, 0.3) is 5.91 Å². The van der Waals surface area contributed by atoms with Crippen LogP contribution in [0.4, 0.5) is 0 Å². The van der Waals surface area contributed by atoms with Crippen LogP contribution in [0.15, 0.2) is 24.3 Å². The molecule has 0 bridgehead atoms. The van der Waals surface area contributed by atoms with Gasteiger partial charge >= 0.3 is 0 Å². The van der Waals surface area contributed by atoms with Crippen LogP contribution in [0.5, 0.6) is 5.75 Å². The van der Waals surface area contributed by atoms with Crippen molar-refractivity contribution in [2.24, 2.45) is 0 Å². The SMILES string of the molecule is C#CN1Oc2ccccc2CC1=O. The van der Waals surface area contributed by atoms with E-state index in [9.17, 15) is 4.79 Å². The number of hydrogen-bond acceptors (Lipinski definition) is 2. The van der Waals surface area contributed by atoms with Crippen molar-refractivity contribution in [1.29, 1.82) is 0 Å². The van der Waals surface area contributed by atoms with E-state index in [0.29, 0.717) is 12.2 Å². The van der Waals surface area contributed by atoms with E-state index in [1.54, 1.807) is 6.07 Å². The normalized spacial score (nSPS) is 14.4. The molecule has 0 radical (unpaired) electrons. The van der Waals surface area contributed by atoms with E-state index in [0.717, 1.165) is 10.6 Å². The van der Waals surface area contributed by atoms with Crippen molar-refractivity contribution in [3.05, 3.63) is 29.8 Å². The summed E-state index contributed by atoms with van der Waals surface area (Å²) in [6.45, 7) is 0. The Balaban J connectivity index is 2.39. The lowest BCUT2D eigenvalue weighted by Gasteiger charge is -2.22. The van der Waals surface area contributed by atoms with Gasteiger partial charge in [-0.25, -0.2) is 0 Å². The van der Waals surface area contributed by atoms with Crippen molar-refractivity contribution in [2.45, 2.75) is 6.42 Å². The third-order valence-corrected chi connectivity index (χ3v) is 1.85. The molecule has 13 heavy (non-hydrogen) atoms. The van der Waals surface area contributed by atoms with Crippen molar-refractivity contribution in [2.75, 3.05) is 0 Å². The second-order valence-corrected chi connectivity index (χ2v) is 2.69. The average Bonchev–Trinajstić information content (AvgIpc) is 2.17. The van der Waals surface area contributed by atoms with Gasteiger partial charge in [0.1, 0.15) is 0 Å². The maximum Gasteiger partial charge on any atom is 0.273 e. The predicted octanol–water partition coefficient (Wildman–Crippen LogP) is 0.956. The Bertz CT molecular complexity index is 392. The molecule has 2 rings (SSSR count). The molecule has 0 aliphatic carbocycles. The second kappa shape index (κ2) is 2.83. The van der Waals surface area contributed by atoms with Crippen molar-refractivity contribution >= 4 is 5.91 Å². The van der Waals surface area contributed by atoms with Crippen LogP contribution in [-0.2, 0) is 11.2 Å². The molecule has 0 aromatic heterocycles. The number of hydroxylamine groups is 2. The zero-order chi connectivity index (χ0) is 9.26. The number of terminal acetylenes is 1. The van der Waals surface area contributed by atoms with Crippen molar-refractivity contribution in [1.82, 2.24) is 5.06 Å². The number of para-hydroxylation sites is 1. The third-order valence-electron chi connectivity index (χ3n) is 1.85. The Morgan fingerprint density at radius 3 is 3.00 bits per heavy atom. The number of carbonyl (C=O) groups is 1. The van der Waals surface area contributed by atoms with Crippen LogP contribution in [-0.4, -0.2) is 11.0 Å². The van der Waals surface area contributed by atoms with Crippen molar-refractivity contribution < 1.29 is 9.63 Å². The zero-order valence-corrected chi connectivity index (χ0v) is 6.86. The fourth-order valence-corrected chi connectivity index (χ4v) is 1.22. The van der Waals surface area contributed by atoms with Gasteiger partial charge in [0.05, 0.1) is 12.5 Å². The summed E-state index contributed by atoms with van der Waals surface area (Å²) >= 11 is 0. The molecule has 0 N–H and O–H groups in total. The summed E-state index contributed by atoms with van der Waals surface area (Å²) in [4.78, 5) is 16.4. The first kappa shape index (κ1) is 7.69. The van der Waals surface area contributed by atoms with Crippen LogP contribution in [0.2, 0.25) is 0 Å². The highest BCUT2D eigenvalue weighted by molar-refractivity contribution is 5.81. The first-order valence-electron chi connectivity index (χ1n) is 3.86. The predicted molar refractivity (Wildman–Crippen MR) is 46.5 cm³/mol. The summed E-state index contributed by atoms with van der Waals surface area (Å²) in [7, 11) is 0. The van der Waals surface area contributed by atoms with Gasteiger partial charge in [-0.3, -0.25) is 4.79 Å². The van der Waals surface area contributed by atoms with E-state index in [4.69, 9.17) is 11.3 Å². The smallest absolute Gasteiger partial charge is 0.273 e. The van der Waals surface area contributed by atoms with Crippen LogP contribution in [0.3, 0.4) is 0 Å². The molecule has 1 aliphatic heterocycles. The molecule has 0 unspecified atom stereocenters. The minimum atomic E-state index is -0.207. The molecule has 1 aromatic rings. The Labute approximate surface area is 75.9 Å². The summed E-state index contributed by atoms with van der Waals surface area (Å²) in [6.07, 6.45) is 5.39. The van der Waals surface area contributed by atoms with Gasteiger partial charge in [-0.05, 0) is 6.07 Å². The molecule has 1 aliphatic rings. The largest absolute Gasteiger partial charge is 0.364 e. The minimum Gasteiger partial charge on any atom is -0.364 e. The van der Waals surface area contributed by atoms with E-state index in [1.807, 2.05) is 18.2 Å². The first-order chi connectivity index (χ1) is 6.31. The van der Waals surface area contributed by atoms with E-state index >= 15 is 0 Å². The zero-order valence-electron chi connectivity index (χ0n) is 6.86. The second-order valence-electron chi connectivity index (χ2n) is 2.69. The van der Waals surface area contributed by atoms with E-state index in [2.05, 4.69) is 6.04 Å². The topological polar surface area (TPSA) is 29.5 Å². The lowest BCUT2D eigenvalue weighted by molar-refractivity contribution is -0.148. The first-order valence-corrected chi connectivity index (χ1v) is 3.86. The van der Waals surface area contributed by atoms with Crippen LogP contribution >= 0.6 is 0 Å². The maximum absolute atomic E-state index is 11.2. The molecule has 64 valence electrons. The maximum atomic E-state index is 11.2. The van der Waals surface area contributed by atoms with Gasteiger partial charge < -0.3 is 4.84 Å². The van der Waals surface area contributed by atoms with Gasteiger partial charge in [-0.2, -0.15) is 0 Å². The Morgan fingerprint density at radius 2 is 2.23 bits per heavy atom. The van der Waals surface area contributed by atoms with Crippen molar-refractivity contribution in [3.8, 4) is 18.2 Å². The van der Waals surface area contributed by atoms with Gasteiger partial charge in [-0.1, -0.05) is 29.7 Å². The molecule has 3 heteroatoms. The van der Waals surface area contributed by atoms with Crippen LogP contribution in [0.1, 0.15) is 5.56 Å². The number of rotatable bonds is 0. The monoisotopic (exact) mass is 173 g/mol. The van der Waals surface area contributed by atoms with Crippen LogP contribution in [0.25, 0.3) is 0 Å². The van der Waals surface area contributed by atoms with Crippen molar-refractivity contribution in [3.63, 3.8) is 0 Å². The molecule has 1 amide bonds. The number of carbonyl (C=O) groups excluding carboxylic acids is 1. The molecule has 0 atom stereocenters. The summed E-state index contributed by atoms with van der Waals surface area (Å²) in [5, 5.41) is 0.919. The van der Waals surface area contributed by atoms with E-state index < -0.39 is 0 Å². The van der Waals surface area contributed by atoms with Gasteiger partial charge in [0.2, 0.25) is 0 Å². The molecule has 0 fully saturated rings. The Kier molecular flexibility index (Phi) is 1.67. The highest BCUT2D eigenvalue weighted by Crippen LogP contribution is 2.23. The number of amides is 1. The highest BCUT2D eigenvalue weighted by Gasteiger charge is 2.22. The fourth-order valence-electron chi connectivity index (χ4n) is 1.22. The number of fused-ring (bicyclic) bond motifs is 1. The number of hydrogen-bond donors (Lipinski definition) is 0. The molecular weight excluding hydrogens is 166 g/mol. The molecular formula is C10H7NO2. The Morgan fingerprint density at radius 1 is 1.46 bits per heavy atom. The number of benzene rings is 1. The highest BCUT2D eigenvalue weighted by atomic mass is 16.7. The van der Waals surface area contributed by atoms with Gasteiger partial charge in [0.15, 0.2) is 5.75 Å². The molecule has 3 nitrogen and oxygen atoms in total. The third kappa shape index (κ3) is 1.23. The van der Waals surface area contributed by atoms with Crippen LogP contribution in [0, 0.1) is 12.5 Å². The minimum absolute atomic E-state index is 0.207. The van der Waals surface area contributed by atoms with Gasteiger partial charge in [-0.15, -0.1) is 0 Å². The molecule has 0 saturated carbocycles. The molecule has 0 spiro atoms. The average molecular weight is 173 g/mol. The number of nitrogens with zero attached hydrogens (tertiary/aromatic N) is 1. The molecule has 0 saturated heterocycles. The molecule has 1 aromatic carbocycles. The van der Waals surface area contributed by atoms with E-state index in [-0.39, 0.29) is 5.91 Å². The summed E-state index contributed by atoms with van der Waals surface area (Å²) in [6, 6.07) is 9.49. The summed E-state index contributed by atoms with van der Waals surface area (Å²) in [5.74, 6) is 0.446. The van der Waals surface area contributed by atoms with E-state index in [1.165, 1.54) is 0 Å². The standard InChI is InChI=1S/C10H7NO2/c1-2-11-10(12)7-8-5-3-4-6-9(8)13-11/h1,3-6H,7H2. The lowest BCUT2D eigenvalue weighted by Crippen LogP contribution is -2.34. The quantitative estimate of drug-likeness (QED) is 0.547. The Hall–Kier alpha value is -1.95. The summed E-state index contributed by atoms with van der Waals surface area (Å²) in [5.41, 5.74) is 0.874. The van der Waals surface area contributed by atoms with Gasteiger partial charge in [0, 0.05) is 5.56 Å². The summed E-state index contributed by atoms with van der Waals surface area (Å²) < 4.78 is 0.